The molecule has 19 heteroatoms. The normalized spacial score (nSPS) is 17.3. The highest BCUT2D eigenvalue weighted by molar-refractivity contribution is 6.31. The second kappa shape index (κ2) is 18.4. The minimum Gasteiger partial charge on any atom is -0.490 e. The lowest BCUT2D eigenvalue weighted by Crippen LogP contribution is -2.40. The summed E-state index contributed by atoms with van der Waals surface area (Å²) in [5.41, 5.74) is 8.90. The van der Waals surface area contributed by atoms with Gasteiger partial charge in [0, 0.05) is 60.3 Å². The molecule has 1 fully saturated rings. The molecule has 7 rings (SSSR count). The molecule has 5 atom stereocenters. The Balaban J connectivity index is 1.17. The van der Waals surface area contributed by atoms with Crippen molar-refractivity contribution in [2.24, 2.45) is 0 Å². The number of aryl methyl sites for hydroxylation is 2. The molecule has 0 saturated heterocycles. The number of aliphatic hydroxyl groups is 1. The number of nitrogens with zero attached hydrogens (tertiary/aromatic N) is 6. The monoisotopic (exact) mass is 920 g/mol. The van der Waals surface area contributed by atoms with Crippen molar-refractivity contribution in [3.05, 3.63) is 104 Å². The van der Waals surface area contributed by atoms with Crippen LogP contribution in [-0.2, 0) is 0 Å². The molecule has 15 nitrogen and oxygen atoms in total. The van der Waals surface area contributed by atoms with Crippen LogP contribution in [0.25, 0.3) is 11.0 Å². The zero-order chi connectivity index (χ0) is 46.5. The third-order valence-corrected chi connectivity index (χ3v) is 11.9. The van der Waals surface area contributed by atoms with Gasteiger partial charge in [-0.3, -0.25) is 18.4 Å². The van der Waals surface area contributed by atoms with Gasteiger partial charge in [0.15, 0.2) is 17.5 Å². The van der Waals surface area contributed by atoms with E-state index in [1.165, 1.54) is 12.1 Å². The SMILES string of the molecule is CCNC(=O)c1c(F)c(Cl)cc([C@H](C)c2nc(C)c3c(NC4C[C@@H](O)[C@@H](NC(=O)c5c(F)c(Cl)cc([C@H](C)c6nc(C)c7c(N)nccn67)c5OC(C)C)C4)nccn23)c1OC(C)C. The number of carbonyl (C=O) groups is 2. The van der Waals surface area contributed by atoms with Gasteiger partial charge in [-0.1, -0.05) is 37.0 Å². The first kappa shape index (κ1) is 46.2. The van der Waals surface area contributed by atoms with E-state index in [1.807, 2.05) is 32.1 Å². The molecular weight excluding hydrogens is 869 g/mol. The van der Waals surface area contributed by atoms with Crippen LogP contribution >= 0.6 is 23.2 Å². The van der Waals surface area contributed by atoms with Crippen LogP contribution in [0.1, 0.15) is 128 Å². The smallest absolute Gasteiger partial charge is 0.258 e. The Labute approximate surface area is 379 Å². The van der Waals surface area contributed by atoms with Crippen LogP contribution in [-0.4, -0.2) is 82.6 Å². The lowest BCUT2D eigenvalue weighted by atomic mass is 9.95. The van der Waals surface area contributed by atoms with Gasteiger partial charge in [-0.2, -0.15) is 0 Å². The predicted octanol–water partition coefficient (Wildman–Crippen LogP) is 7.92. The molecule has 0 radical (unpaired) electrons. The maximum atomic E-state index is 16.2. The average molecular weight is 922 g/mol. The Morgan fingerprint density at radius 1 is 0.828 bits per heavy atom. The second-order valence-electron chi connectivity index (χ2n) is 16.7. The van der Waals surface area contributed by atoms with Crippen LogP contribution in [0.4, 0.5) is 20.4 Å². The average Bonchev–Trinajstić information content (AvgIpc) is 3.88. The molecule has 4 aromatic heterocycles. The van der Waals surface area contributed by atoms with Crippen molar-refractivity contribution < 1.29 is 33.0 Å². The Morgan fingerprint density at radius 2 is 1.33 bits per heavy atom. The number of amides is 2. The third kappa shape index (κ3) is 8.60. The summed E-state index contributed by atoms with van der Waals surface area (Å²) in [6, 6.07) is 1.71. The van der Waals surface area contributed by atoms with E-state index < -0.39 is 65.2 Å². The number of hydrogen-bond donors (Lipinski definition) is 5. The first-order valence-electron chi connectivity index (χ1n) is 21.2. The molecule has 6 aromatic rings. The minimum atomic E-state index is -1.02. The van der Waals surface area contributed by atoms with Crippen molar-refractivity contribution >= 4 is 57.7 Å². The first-order chi connectivity index (χ1) is 30.3. The summed E-state index contributed by atoms with van der Waals surface area (Å²) in [7, 11) is 0. The Morgan fingerprint density at radius 3 is 1.86 bits per heavy atom. The molecule has 2 aromatic carbocycles. The third-order valence-electron chi connectivity index (χ3n) is 11.3. The van der Waals surface area contributed by atoms with Crippen LogP contribution in [0, 0.1) is 25.5 Å². The Hall–Kier alpha value is -5.78. The summed E-state index contributed by atoms with van der Waals surface area (Å²) in [5.74, 6) is -2.49. The molecule has 6 N–H and O–H groups in total. The van der Waals surface area contributed by atoms with Crippen molar-refractivity contribution in [1.29, 1.82) is 0 Å². The van der Waals surface area contributed by atoms with Gasteiger partial charge in [0.2, 0.25) is 0 Å². The number of halogens is 4. The number of imidazole rings is 2. The number of ether oxygens (including phenoxy) is 2. The van der Waals surface area contributed by atoms with E-state index in [2.05, 4.69) is 25.9 Å². The van der Waals surface area contributed by atoms with Gasteiger partial charge >= 0.3 is 0 Å². The van der Waals surface area contributed by atoms with Gasteiger partial charge in [-0.05, 0) is 73.4 Å². The zero-order valence-electron chi connectivity index (χ0n) is 37.0. The number of nitrogens with one attached hydrogen (secondary N) is 3. The van der Waals surface area contributed by atoms with Gasteiger partial charge in [-0.15, -0.1) is 0 Å². The number of rotatable bonds is 14. The number of hydrogen-bond acceptors (Lipinski definition) is 11. The van der Waals surface area contributed by atoms with Gasteiger partial charge in [-0.25, -0.2) is 28.7 Å². The Bertz CT molecular complexity index is 2780. The van der Waals surface area contributed by atoms with E-state index in [0.717, 1.165) is 0 Å². The summed E-state index contributed by atoms with van der Waals surface area (Å²) >= 11 is 12.9. The molecule has 4 heterocycles. The van der Waals surface area contributed by atoms with Crippen molar-refractivity contribution in [2.75, 3.05) is 17.6 Å². The Kier molecular flexibility index (Phi) is 13.3. The molecule has 64 heavy (non-hydrogen) atoms. The lowest BCUT2D eigenvalue weighted by molar-refractivity contribution is 0.0862. The molecule has 1 aliphatic rings. The standard InChI is InChI=1S/C45H52Cl2F2N10O5/c1-10-51-44(61)32-34(48)28(46)17-26(38(32)63-19(2)3)22(7)43-55-24(9)37-41(53-12-14-59(37)43)56-25-15-30(31(60)16-25)57-45(62)33-35(49)29(47)18-27(39(33)64-20(4)5)21(6)42-54-23(8)36-40(50)52-11-13-58(36)42/h11-14,17-22,25,30-31,60H,10,15-16H2,1-9H3,(H2,50,52)(H,51,61)(H,53,56)(H,57,62)/t21-,22-,25?,30-,31+/m0/s1. The van der Waals surface area contributed by atoms with E-state index in [0.29, 0.717) is 56.8 Å². The van der Waals surface area contributed by atoms with Crippen molar-refractivity contribution in [3.8, 4) is 11.5 Å². The quantitative estimate of drug-likeness (QED) is 0.0712. The number of nitrogens with two attached hydrogens (primary N) is 1. The van der Waals surface area contributed by atoms with E-state index in [9.17, 15) is 14.7 Å². The zero-order valence-corrected chi connectivity index (χ0v) is 38.5. The minimum absolute atomic E-state index is 0.00357. The van der Waals surface area contributed by atoms with Gasteiger partial charge in [0.05, 0.1) is 45.8 Å². The summed E-state index contributed by atoms with van der Waals surface area (Å²) in [6.45, 7) is 16.4. The first-order valence-corrected chi connectivity index (χ1v) is 21.9. The molecule has 1 saturated carbocycles. The van der Waals surface area contributed by atoms with Crippen molar-refractivity contribution in [2.45, 2.75) is 117 Å². The highest BCUT2D eigenvalue weighted by atomic mass is 35.5. The molecule has 0 aliphatic heterocycles. The predicted molar refractivity (Wildman–Crippen MR) is 241 cm³/mol. The fourth-order valence-corrected chi connectivity index (χ4v) is 8.93. The van der Waals surface area contributed by atoms with Gasteiger partial charge in [0.1, 0.15) is 51.1 Å². The molecule has 340 valence electrons. The maximum Gasteiger partial charge on any atom is 0.258 e. The van der Waals surface area contributed by atoms with Gasteiger partial charge in [0.25, 0.3) is 11.8 Å². The van der Waals surface area contributed by atoms with Crippen LogP contribution in [0.15, 0.2) is 36.9 Å². The number of fused-ring (bicyclic) bond motifs is 2. The van der Waals surface area contributed by atoms with Crippen molar-refractivity contribution in [3.63, 3.8) is 0 Å². The van der Waals surface area contributed by atoms with E-state index in [1.54, 1.807) is 63.8 Å². The summed E-state index contributed by atoms with van der Waals surface area (Å²) in [4.78, 5) is 45.8. The molecule has 1 unspecified atom stereocenters. The topological polar surface area (TPSA) is 195 Å². The summed E-state index contributed by atoms with van der Waals surface area (Å²) < 4.78 is 47.6. The molecular formula is C45H52Cl2F2N10O5. The number of carbonyl (C=O) groups excluding carboxylic acids is 2. The van der Waals surface area contributed by atoms with Crippen LogP contribution in [0.3, 0.4) is 0 Å². The molecule has 2 amide bonds. The van der Waals surface area contributed by atoms with E-state index in [-0.39, 0.29) is 52.5 Å². The maximum absolute atomic E-state index is 16.2. The highest BCUT2D eigenvalue weighted by Gasteiger charge is 2.38. The van der Waals surface area contributed by atoms with Crippen LogP contribution in [0.5, 0.6) is 11.5 Å². The highest BCUT2D eigenvalue weighted by Crippen LogP contribution is 2.42. The van der Waals surface area contributed by atoms with Crippen LogP contribution in [0.2, 0.25) is 10.0 Å². The largest absolute Gasteiger partial charge is 0.490 e. The summed E-state index contributed by atoms with van der Waals surface area (Å²) in [6.07, 6.45) is 5.22. The molecule has 1 aliphatic carbocycles. The molecule has 0 spiro atoms. The number of benzene rings is 2. The second-order valence-corrected chi connectivity index (χ2v) is 17.5. The lowest BCUT2D eigenvalue weighted by Gasteiger charge is -2.24. The van der Waals surface area contributed by atoms with Crippen LogP contribution < -0.4 is 31.2 Å². The fraction of sp³-hybridized carbons (Fsp3) is 0.422. The van der Waals surface area contributed by atoms with Crippen molar-refractivity contribution in [1.82, 2.24) is 39.4 Å². The van der Waals surface area contributed by atoms with E-state index in [4.69, 9.17) is 48.4 Å². The number of aliphatic hydroxyl groups excluding tert-OH is 1. The number of aromatic nitrogens is 6. The number of nitrogen functional groups attached to an aromatic ring is 1. The molecule has 0 bridgehead atoms. The summed E-state index contributed by atoms with van der Waals surface area (Å²) in [5, 5.41) is 19.7. The van der Waals surface area contributed by atoms with E-state index >= 15 is 8.78 Å². The van der Waals surface area contributed by atoms with Gasteiger partial charge < -0.3 is 36.3 Å². The number of anilines is 2. The fourth-order valence-electron chi connectivity index (χ4n) is 8.51.